The number of ether oxygens (including phenoxy) is 6. The normalized spacial score (nSPS) is 24.4. The molecule has 0 unspecified atom stereocenters. The standard InChI is InChI=1S/C62H87Br2ClN8O17/c1-34(2)51(68-40(30-74)17-14-22-59(6,7)90-61(31-63,32-64)33-75)54(79)70-42(18-15-23-67-57(66)82)53(78)69-41-21-20-39(27-44(41)76)55(80)72(9)37(5)56(81)88-48-28-49(77)73(10)43-25-38(26-45(85-11)50(43)65)24-35(3)16-13-19-47(86-12)62(84)29-46(87-58(83)71-62)36(4)52-60(48,8)89-52/h13,16,19-21,25-27,30,33-34,36-37,40,42,46-48,51-52,68,76,84H,14-15,17-18,22-24,28-29,31-32H2,1-12H3,(H,69,78)(H,70,79)(H,71,83)(H3,66,67,82)/b19-13+,35-16+/t36-,37+,40+,42+,46+,47-,48+,51+,52+,60+,62+/m1/s1. The SMILES string of the molecule is COc1cc2cc(c1Cl)N(C)C(=O)C[C@H](OC(=O)[C@H](C)N(C)C(=O)c1ccc(NC(=O)[C@H](CCCNC(N)=O)NC(=O)[C@@H](N[C@H](C=O)CCCC(C)(C)OC(C=O)(CBr)CBr)C(C)C)c(O)c1)[C@]1(C)O[C@H]1[C@H](C)[C@@H]1C[C@@](O)(NC(=O)O1)[C@H](OC)/C=C/C=C(\C)C2. The Labute approximate surface area is 547 Å². The molecule has 2 fully saturated rings. The maximum atomic E-state index is 14.5. The smallest absolute Gasteiger partial charge is 0.409 e. The molecular weight excluding hydrogens is 1320 g/mol. The highest BCUT2D eigenvalue weighted by molar-refractivity contribution is 9.10. The molecule has 0 spiro atoms. The molecule has 25 nitrogen and oxygen atoms in total. The van der Waals surface area contributed by atoms with E-state index in [2.05, 4.69) is 58.4 Å². The number of primary amides is 1. The minimum atomic E-state index is -1.93. The molecule has 4 bridgehead atoms. The highest BCUT2D eigenvalue weighted by Gasteiger charge is 2.64. The minimum Gasteiger partial charge on any atom is -0.506 e. The number of aromatic hydroxyl groups is 1. The van der Waals surface area contributed by atoms with Gasteiger partial charge in [-0.15, -0.1) is 0 Å². The number of hydrogen-bond acceptors (Lipinski definition) is 18. The molecule has 0 aromatic heterocycles. The van der Waals surface area contributed by atoms with Gasteiger partial charge in [-0.05, 0) is 115 Å². The number of aliphatic hydroxyl groups is 1. The first-order valence-corrected chi connectivity index (χ1v) is 32.2. The van der Waals surface area contributed by atoms with Crippen molar-refractivity contribution in [2.24, 2.45) is 17.6 Å². The third kappa shape index (κ3) is 19.2. The fraction of sp³-hybridized carbons (Fsp3) is 0.597. The van der Waals surface area contributed by atoms with Crippen LogP contribution < -0.4 is 42.0 Å². The summed E-state index contributed by atoms with van der Waals surface area (Å²) in [7, 11) is 5.67. The van der Waals surface area contributed by atoms with Gasteiger partial charge in [-0.25, -0.2) is 14.4 Å². The maximum Gasteiger partial charge on any atom is 0.409 e. The Bertz CT molecular complexity index is 3000. The molecule has 0 aliphatic carbocycles. The zero-order valence-electron chi connectivity index (χ0n) is 52.9. The van der Waals surface area contributed by atoms with E-state index in [9.17, 15) is 53.4 Å². The van der Waals surface area contributed by atoms with E-state index in [4.69, 9.17) is 45.8 Å². The van der Waals surface area contributed by atoms with Crippen LogP contribution in [0.1, 0.15) is 116 Å². The number of alkyl carbamates (subject to hydrolysis) is 1. The number of phenolic OH excluding ortho intramolecular Hbond substituents is 1. The van der Waals surface area contributed by atoms with Crippen molar-refractivity contribution < 1.29 is 81.8 Å². The Hall–Kier alpha value is -6.20. The van der Waals surface area contributed by atoms with Crippen molar-refractivity contribution in [2.45, 2.75) is 178 Å². The van der Waals surface area contributed by atoms with Gasteiger partial charge >= 0.3 is 18.1 Å². The number of halogens is 3. The number of alkyl halides is 2. The second-order valence-corrected chi connectivity index (χ2v) is 25.9. The number of nitrogens with zero attached hydrogens (tertiary/aromatic N) is 2. The average Bonchev–Trinajstić information content (AvgIpc) is 1.58. The number of fused-ring (bicyclic) bond motifs is 5. The van der Waals surface area contributed by atoms with E-state index >= 15 is 0 Å². The molecule has 0 saturated carbocycles. The van der Waals surface area contributed by atoms with Gasteiger partial charge in [0.25, 0.3) is 5.91 Å². The molecule has 5 rings (SSSR count). The van der Waals surface area contributed by atoms with E-state index in [0.717, 1.165) is 28.4 Å². The molecule has 90 heavy (non-hydrogen) atoms. The second-order valence-electron chi connectivity index (χ2n) is 24.4. The number of benzene rings is 2. The number of phenols is 1. The van der Waals surface area contributed by atoms with Crippen molar-refractivity contribution >= 4 is 109 Å². The van der Waals surface area contributed by atoms with Crippen molar-refractivity contribution in [2.75, 3.05) is 55.7 Å². The number of epoxide rings is 1. The number of aldehydes is 2. The van der Waals surface area contributed by atoms with Gasteiger partial charge in [0.05, 0.1) is 48.7 Å². The van der Waals surface area contributed by atoms with Gasteiger partial charge in [-0.1, -0.05) is 88.0 Å². The summed E-state index contributed by atoms with van der Waals surface area (Å²) in [6.07, 6.45) is 2.66. The minimum absolute atomic E-state index is 0.0206. The van der Waals surface area contributed by atoms with Crippen molar-refractivity contribution in [3.8, 4) is 11.5 Å². The summed E-state index contributed by atoms with van der Waals surface area (Å²) in [6, 6.07) is 1.94. The lowest BCUT2D eigenvalue weighted by Crippen LogP contribution is -2.63. The van der Waals surface area contributed by atoms with Crippen molar-refractivity contribution in [1.82, 2.24) is 26.2 Å². The van der Waals surface area contributed by atoms with Crippen molar-refractivity contribution in [3.05, 3.63) is 70.3 Å². The van der Waals surface area contributed by atoms with Crippen LogP contribution in [0.15, 0.2) is 54.1 Å². The summed E-state index contributed by atoms with van der Waals surface area (Å²) in [6.45, 7) is 13.9. The van der Waals surface area contributed by atoms with Gasteiger partial charge in [-0.2, -0.15) is 0 Å². The molecule has 2 saturated heterocycles. The number of amides is 7. The van der Waals surface area contributed by atoms with Crippen molar-refractivity contribution in [3.63, 3.8) is 0 Å². The predicted molar refractivity (Wildman–Crippen MR) is 343 cm³/mol. The average molecular weight is 1410 g/mol. The van der Waals surface area contributed by atoms with Gasteiger partial charge in [-0.3, -0.25) is 29.8 Å². The Morgan fingerprint density at radius 3 is 2.33 bits per heavy atom. The number of urea groups is 1. The quantitative estimate of drug-likeness (QED) is 0.0122. The molecule has 9 N–H and O–H groups in total. The highest BCUT2D eigenvalue weighted by atomic mass is 79.9. The number of rotatable bonds is 27. The first-order valence-electron chi connectivity index (χ1n) is 29.6. The molecule has 0 radical (unpaired) electrons. The first-order chi connectivity index (χ1) is 42.2. The van der Waals surface area contributed by atoms with Crippen LogP contribution in [0.5, 0.6) is 11.5 Å². The molecule has 3 heterocycles. The van der Waals surface area contributed by atoms with Gasteiger partial charge in [0.1, 0.15) is 64.4 Å². The van der Waals surface area contributed by atoms with E-state index < -0.39 is 131 Å². The summed E-state index contributed by atoms with van der Waals surface area (Å²) in [5.41, 5.74) is 1.70. The second kappa shape index (κ2) is 32.4. The Morgan fingerprint density at radius 2 is 1.73 bits per heavy atom. The van der Waals surface area contributed by atoms with E-state index in [1.54, 1.807) is 52.0 Å². The van der Waals surface area contributed by atoms with E-state index in [-0.39, 0.29) is 58.7 Å². The van der Waals surface area contributed by atoms with E-state index in [1.807, 2.05) is 26.8 Å². The summed E-state index contributed by atoms with van der Waals surface area (Å²) < 4.78 is 35.7. The van der Waals surface area contributed by atoms with Crippen LogP contribution in [0.25, 0.3) is 0 Å². The zero-order chi connectivity index (χ0) is 67.2. The van der Waals surface area contributed by atoms with Crippen LogP contribution >= 0.6 is 43.5 Å². The number of nitrogens with two attached hydrogens (primary N) is 1. The summed E-state index contributed by atoms with van der Waals surface area (Å²) in [4.78, 5) is 122. The largest absolute Gasteiger partial charge is 0.506 e. The molecule has 2 aromatic rings. The third-order valence-electron chi connectivity index (χ3n) is 16.5. The predicted octanol–water partition coefficient (Wildman–Crippen LogP) is 6.28. The van der Waals surface area contributed by atoms with Crippen LogP contribution in [-0.4, -0.2) is 186 Å². The number of methoxy groups -OCH3 is 2. The van der Waals surface area contributed by atoms with Gasteiger partial charge in [0, 0.05) is 56.3 Å². The summed E-state index contributed by atoms with van der Waals surface area (Å²) >= 11 is 13.5. The van der Waals surface area contributed by atoms with Gasteiger partial charge in [0.15, 0.2) is 12.0 Å². The molecule has 3 aliphatic rings. The van der Waals surface area contributed by atoms with E-state index in [1.165, 1.54) is 52.3 Å². The molecule has 7 amide bonds. The fourth-order valence-electron chi connectivity index (χ4n) is 10.9. The summed E-state index contributed by atoms with van der Waals surface area (Å²) in [5, 5.41) is 37.3. The molecule has 498 valence electrons. The van der Waals surface area contributed by atoms with Crippen LogP contribution in [0.4, 0.5) is 21.0 Å². The summed E-state index contributed by atoms with van der Waals surface area (Å²) in [5.74, 6) is -4.98. The number of esters is 1. The molecular formula is C62H87Br2ClN8O17. The number of allylic oxidation sites excluding steroid dienone is 3. The number of anilines is 2. The van der Waals surface area contributed by atoms with Crippen LogP contribution in [0, 0.1) is 11.8 Å². The maximum absolute atomic E-state index is 14.5. The number of carbonyl (C=O) groups is 9. The van der Waals surface area contributed by atoms with E-state index in [0.29, 0.717) is 43.4 Å². The Balaban J connectivity index is 1.34. The van der Waals surface area contributed by atoms with Crippen LogP contribution in [-0.2, 0) is 58.9 Å². The lowest BCUT2D eigenvalue weighted by molar-refractivity contribution is -0.158. The molecule has 28 heteroatoms. The topological polar surface area (TPSA) is 345 Å². The van der Waals surface area contributed by atoms with Crippen molar-refractivity contribution in [1.29, 1.82) is 0 Å². The third-order valence-corrected chi connectivity index (χ3v) is 18.8. The molecule has 3 aliphatic heterocycles. The lowest BCUT2D eigenvalue weighted by atomic mass is 9.83. The van der Waals surface area contributed by atoms with Gasteiger partial charge < -0.3 is 79.7 Å². The number of nitrogens with one attached hydrogen (secondary N) is 5. The van der Waals surface area contributed by atoms with Crippen LogP contribution in [0.3, 0.4) is 0 Å². The number of carbonyl (C=O) groups excluding carboxylic acids is 9. The first kappa shape index (κ1) is 74.5. The molecule has 2 aromatic carbocycles. The fourth-order valence-corrected chi connectivity index (χ4v) is 12.7. The Kier molecular flexibility index (Phi) is 26.8. The monoisotopic (exact) mass is 1410 g/mol. The highest BCUT2D eigenvalue weighted by Crippen LogP contribution is 2.49. The van der Waals surface area contributed by atoms with Crippen LogP contribution in [0.2, 0.25) is 5.02 Å². The number of hydrogen-bond donors (Lipinski definition) is 8. The number of likely N-dealkylation sites (N-methyl/N-ethyl adjacent to an activating group) is 1. The van der Waals surface area contributed by atoms with Gasteiger partial charge in [0.2, 0.25) is 17.7 Å². The Morgan fingerprint density at radius 1 is 1.04 bits per heavy atom. The lowest BCUT2D eigenvalue weighted by Gasteiger charge is -2.42. The zero-order valence-corrected chi connectivity index (χ0v) is 56.9. The molecule has 11 atom stereocenters.